The van der Waals surface area contributed by atoms with E-state index in [2.05, 4.69) is 11.1 Å². The summed E-state index contributed by atoms with van der Waals surface area (Å²) in [5, 5.41) is 9.13. The number of H-pyrrole nitrogens is 1. The monoisotopic (exact) mass is 265 g/mol. The van der Waals surface area contributed by atoms with E-state index in [1.165, 1.54) is 5.56 Å². The van der Waals surface area contributed by atoms with Crippen molar-refractivity contribution in [2.45, 2.75) is 6.92 Å². The Morgan fingerprint density at radius 3 is 2.58 bits per heavy atom. The number of aromatic amines is 1. The summed E-state index contributed by atoms with van der Waals surface area (Å²) in [6.07, 6.45) is 0. The highest BCUT2D eigenvalue weighted by Gasteiger charge is 2.09. The van der Waals surface area contributed by atoms with Crippen LogP contribution in [0.2, 0.25) is 0 Å². The van der Waals surface area contributed by atoms with E-state index in [-0.39, 0.29) is 0 Å². The summed E-state index contributed by atoms with van der Waals surface area (Å²) in [7, 11) is 0. The smallest absolute Gasteiger partial charge is 0.182 e. The standard InChI is InChI=1S/C15H11N3S/c1-10-5-7-12(8-6-10)18-13-4-2-3-11(9-16)14(13)17-15(18)19/h2-8H,1H3,(H,17,19). The molecule has 0 saturated carbocycles. The number of benzene rings is 2. The van der Waals surface area contributed by atoms with Gasteiger partial charge in [-0.15, -0.1) is 0 Å². The SMILES string of the molecule is Cc1ccc(-n2c(=S)[nH]c3c(C#N)cccc32)cc1. The third-order valence-corrected chi connectivity index (χ3v) is 3.42. The molecule has 4 heteroatoms. The number of aryl methyl sites for hydroxylation is 1. The summed E-state index contributed by atoms with van der Waals surface area (Å²) in [5.74, 6) is 0. The molecule has 0 aliphatic carbocycles. The number of imidazole rings is 1. The summed E-state index contributed by atoms with van der Waals surface area (Å²) in [5.41, 5.74) is 4.52. The van der Waals surface area contributed by atoms with Crippen molar-refractivity contribution in [3.63, 3.8) is 0 Å². The Labute approximate surface area is 115 Å². The van der Waals surface area contributed by atoms with E-state index in [1.807, 2.05) is 47.9 Å². The number of hydrogen-bond acceptors (Lipinski definition) is 2. The highest BCUT2D eigenvalue weighted by Crippen LogP contribution is 2.22. The molecule has 0 aliphatic heterocycles. The summed E-state index contributed by atoms with van der Waals surface area (Å²) in [6.45, 7) is 2.05. The molecule has 0 unspecified atom stereocenters. The molecule has 0 amide bonds. The molecule has 0 aliphatic rings. The number of nitrogens with one attached hydrogen (secondary N) is 1. The molecule has 19 heavy (non-hydrogen) atoms. The Kier molecular flexibility index (Phi) is 2.69. The van der Waals surface area contributed by atoms with Crippen LogP contribution in [0.5, 0.6) is 0 Å². The third-order valence-electron chi connectivity index (χ3n) is 3.13. The van der Waals surface area contributed by atoms with Crippen molar-refractivity contribution in [1.82, 2.24) is 9.55 Å². The van der Waals surface area contributed by atoms with E-state index in [1.54, 1.807) is 6.07 Å². The molecule has 3 aromatic rings. The number of nitriles is 1. The van der Waals surface area contributed by atoms with Gasteiger partial charge in [-0.3, -0.25) is 4.57 Å². The highest BCUT2D eigenvalue weighted by atomic mass is 32.1. The Bertz CT molecular complexity index is 848. The number of hydrogen-bond donors (Lipinski definition) is 1. The zero-order chi connectivity index (χ0) is 13.4. The van der Waals surface area contributed by atoms with E-state index in [0.29, 0.717) is 10.3 Å². The molecule has 3 nitrogen and oxygen atoms in total. The molecule has 0 atom stereocenters. The lowest BCUT2D eigenvalue weighted by molar-refractivity contribution is 1.06. The number of aromatic nitrogens is 2. The average molecular weight is 265 g/mol. The van der Waals surface area contributed by atoms with Gasteiger partial charge in [0.05, 0.1) is 16.6 Å². The van der Waals surface area contributed by atoms with Crippen LogP contribution in [0.15, 0.2) is 42.5 Å². The van der Waals surface area contributed by atoms with Crippen molar-refractivity contribution in [3.8, 4) is 11.8 Å². The van der Waals surface area contributed by atoms with Crippen LogP contribution in [0.3, 0.4) is 0 Å². The number of fused-ring (bicyclic) bond motifs is 1. The Balaban J connectivity index is 2.36. The minimum absolute atomic E-state index is 0.599. The summed E-state index contributed by atoms with van der Waals surface area (Å²) >= 11 is 5.37. The highest BCUT2D eigenvalue weighted by molar-refractivity contribution is 7.71. The first-order valence-electron chi connectivity index (χ1n) is 5.91. The molecular weight excluding hydrogens is 254 g/mol. The van der Waals surface area contributed by atoms with Crippen molar-refractivity contribution in [1.29, 1.82) is 5.26 Å². The van der Waals surface area contributed by atoms with Crippen LogP contribution in [0.4, 0.5) is 0 Å². The number of rotatable bonds is 1. The maximum Gasteiger partial charge on any atom is 0.182 e. The van der Waals surface area contributed by atoms with Crippen LogP contribution < -0.4 is 0 Å². The van der Waals surface area contributed by atoms with Gasteiger partial charge in [0, 0.05) is 5.69 Å². The molecule has 1 aromatic heterocycles. The first-order chi connectivity index (χ1) is 9.20. The molecular formula is C15H11N3S. The van der Waals surface area contributed by atoms with Crippen molar-refractivity contribution in [2.75, 3.05) is 0 Å². The maximum absolute atomic E-state index is 9.13. The Hall–Kier alpha value is -2.38. The number of para-hydroxylation sites is 1. The van der Waals surface area contributed by atoms with Crippen molar-refractivity contribution < 1.29 is 0 Å². The molecule has 1 N–H and O–H groups in total. The van der Waals surface area contributed by atoms with Crippen LogP contribution in [0.25, 0.3) is 16.7 Å². The van der Waals surface area contributed by atoms with Crippen molar-refractivity contribution in [3.05, 3.63) is 58.4 Å². The van der Waals surface area contributed by atoms with Gasteiger partial charge < -0.3 is 4.98 Å². The van der Waals surface area contributed by atoms with Gasteiger partial charge in [0.15, 0.2) is 4.77 Å². The quantitative estimate of drug-likeness (QED) is 0.679. The van der Waals surface area contributed by atoms with E-state index in [4.69, 9.17) is 17.5 Å². The predicted molar refractivity (Wildman–Crippen MR) is 77.9 cm³/mol. The largest absolute Gasteiger partial charge is 0.329 e. The fourth-order valence-corrected chi connectivity index (χ4v) is 2.48. The summed E-state index contributed by atoms with van der Waals surface area (Å²) < 4.78 is 2.55. The van der Waals surface area contributed by atoms with Crippen LogP contribution in [0.1, 0.15) is 11.1 Å². The van der Waals surface area contributed by atoms with Crippen LogP contribution in [0, 0.1) is 23.0 Å². The second kappa shape index (κ2) is 4.38. The Morgan fingerprint density at radius 1 is 1.16 bits per heavy atom. The molecule has 2 aromatic carbocycles. The molecule has 0 spiro atoms. The predicted octanol–water partition coefficient (Wildman–Crippen LogP) is 3.87. The number of nitrogens with zero attached hydrogens (tertiary/aromatic N) is 2. The van der Waals surface area contributed by atoms with Crippen LogP contribution in [-0.4, -0.2) is 9.55 Å². The van der Waals surface area contributed by atoms with Crippen LogP contribution >= 0.6 is 12.2 Å². The lowest BCUT2D eigenvalue weighted by atomic mass is 10.2. The van der Waals surface area contributed by atoms with E-state index >= 15 is 0 Å². The van der Waals surface area contributed by atoms with Gasteiger partial charge in [-0.05, 0) is 43.4 Å². The van der Waals surface area contributed by atoms with E-state index in [0.717, 1.165) is 16.7 Å². The molecule has 92 valence electrons. The molecule has 0 radical (unpaired) electrons. The Morgan fingerprint density at radius 2 is 1.89 bits per heavy atom. The molecule has 0 bridgehead atoms. The van der Waals surface area contributed by atoms with Gasteiger partial charge in [0.1, 0.15) is 6.07 Å². The van der Waals surface area contributed by atoms with E-state index < -0.39 is 0 Å². The lowest BCUT2D eigenvalue weighted by Crippen LogP contribution is -1.93. The van der Waals surface area contributed by atoms with Crippen molar-refractivity contribution in [2.24, 2.45) is 0 Å². The topological polar surface area (TPSA) is 44.5 Å². The summed E-state index contributed by atoms with van der Waals surface area (Å²) in [4.78, 5) is 3.11. The minimum atomic E-state index is 0.599. The molecule has 0 fully saturated rings. The first kappa shape index (κ1) is 11.7. The maximum atomic E-state index is 9.13. The van der Waals surface area contributed by atoms with E-state index in [9.17, 15) is 0 Å². The lowest BCUT2D eigenvalue weighted by Gasteiger charge is -2.05. The first-order valence-corrected chi connectivity index (χ1v) is 6.32. The third kappa shape index (κ3) is 1.85. The normalized spacial score (nSPS) is 10.5. The minimum Gasteiger partial charge on any atom is -0.329 e. The van der Waals surface area contributed by atoms with Gasteiger partial charge in [-0.1, -0.05) is 23.8 Å². The zero-order valence-corrected chi connectivity index (χ0v) is 11.2. The second-order valence-corrected chi connectivity index (χ2v) is 4.80. The van der Waals surface area contributed by atoms with Gasteiger partial charge in [0.2, 0.25) is 0 Å². The zero-order valence-electron chi connectivity index (χ0n) is 10.3. The fraction of sp³-hybridized carbons (Fsp3) is 0.0667. The van der Waals surface area contributed by atoms with Gasteiger partial charge in [-0.25, -0.2) is 0 Å². The van der Waals surface area contributed by atoms with Crippen LogP contribution in [-0.2, 0) is 0 Å². The second-order valence-electron chi connectivity index (χ2n) is 4.41. The summed E-state index contributed by atoms with van der Waals surface area (Å²) in [6, 6.07) is 15.9. The average Bonchev–Trinajstić information content (AvgIpc) is 2.76. The van der Waals surface area contributed by atoms with Gasteiger partial charge in [-0.2, -0.15) is 5.26 Å². The van der Waals surface area contributed by atoms with Crippen molar-refractivity contribution >= 4 is 23.3 Å². The molecule has 3 rings (SSSR count). The fourth-order valence-electron chi connectivity index (χ4n) is 2.17. The molecule has 1 heterocycles. The van der Waals surface area contributed by atoms with Gasteiger partial charge >= 0.3 is 0 Å². The van der Waals surface area contributed by atoms with Gasteiger partial charge in [0.25, 0.3) is 0 Å². The molecule has 0 saturated heterocycles.